The summed E-state index contributed by atoms with van der Waals surface area (Å²) in [4.78, 5) is 14.1. The maximum atomic E-state index is 11.6. The summed E-state index contributed by atoms with van der Waals surface area (Å²) in [5, 5.41) is 10.4. The Kier molecular flexibility index (Phi) is 4.62. The number of hydrogen-bond donors (Lipinski definition) is 1. The van der Waals surface area contributed by atoms with Gasteiger partial charge in [0.25, 0.3) is 0 Å². The molecule has 2 aromatic carbocycles. The molecule has 1 aromatic heterocycles. The van der Waals surface area contributed by atoms with Crippen molar-refractivity contribution in [3.8, 4) is 0 Å². The van der Waals surface area contributed by atoms with Crippen LogP contribution in [0.15, 0.2) is 48.5 Å². The van der Waals surface area contributed by atoms with Crippen LogP contribution in [0.2, 0.25) is 0 Å². The number of aromatic nitrogens is 1. The number of hydrogen-bond acceptors (Lipinski definition) is 3. The second-order valence-corrected chi connectivity index (χ2v) is 6.93. The van der Waals surface area contributed by atoms with E-state index in [0.29, 0.717) is 5.56 Å². The minimum absolute atomic E-state index is 0.236. The molecule has 1 aliphatic rings. The van der Waals surface area contributed by atoms with Crippen LogP contribution >= 0.6 is 0 Å². The Hall–Kier alpha value is -2.43. The van der Waals surface area contributed by atoms with E-state index < -0.39 is 6.61 Å². The van der Waals surface area contributed by atoms with Gasteiger partial charge in [-0.15, -0.1) is 0 Å². The zero-order valence-corrected chi connectivity index (χ0v) is 15.1. The molecule has 4 nitrogen and oxygen atoms in total. The summed E-state index contributed by atoms with van der Waals surface area (Å²) in [6.45, 7) is 5.78. The number of fused-ring (bicyclic) bond motifs is 3. The molecule has 4 rings (SSSR count). The van der Waals surface area contributed by atoms with Gasteiger partial charge < -0.3 is 9.67 Å². The summed E-state index contributed by atoms with van der Waals surface area (Å²) in [5.74, 6) is -0.236. The average molecular weight is 348 g/mol. The number of aliphatic hydroxyl groups excluding tert-OH is 1. The first-order valence-corrected chi connectivity index (χ1v) is 9.25. The van der Waals surface area contributed by atoms with Gasteiger partial charge in [-0.2, -0.15) is 0 Å². The number of nitrogens with zero attached hydrogens (tertiary/aromatic N) is 2. The fourth-order valence-corrected chi connectivity index (χ4v) is 3.98. The predicted octanol–water partition coefficient (Wildman–Crippen LogP) is 3.24. The molecule has 0 amide bonds. The van der Waals surface area contributed by atoms with E-state index in [0.717, 1.165) is 32.6 Å². The number of para-hydroxylation sites is 1. The Morgan fingerprint density at radius 3 is 2.62 bits per heavy atom. The zero-order valence-electron chi connectivity index (χ0n) is 15.1. The second kappa shape index (κ2) is 7.06. The van der Waals surface area contributed by atoms with Crippen molar-refractivity contribution in [1.82, 2.24) is 9.47 Å². The minimum Gasteiger partial charge on any atom is -0.388 e. The molecular weight excluding hydrogens is 324 g/mol. The number of benzene rings is 2. The highest BCUT2D eigenvalue weighted by Crippen LogP contribution is 2.31. The van der Waals surface area contributed by atoms with Crippen molar-refractivity contribution in [3.05, 3.63) is 70.9 Å². The van der Waals surface area contributed by atoms with Crippen molar-refractivity contribution in [2.24, 2.45) is 0 Å². The molecule has 0 spiro atoms. The van der Waals surface area contributed by atoms with Crippen molar-refractivity contribution in [3.63, 3.8) is 0 Å². The van der Waals surface area contributed by atoms with Gasteiger partial charge in [-0.1, -0.05) is 49.4 Å². The smallest absolute Gasteiger partial charge is 0.188 e. The number of aliphatic hydroxyl groups is 1. The van der Waals surface area contributed by atoms with Crippen LogP contribution in [0, 0.1) is 0 Å². The fourth-order valence-electron chi connectivity index (χ4n) is 3.98. The van der Waals surface area contributed by atoms with Gasteiger partial charge in [-0.05, 0) is 23.7 Å². The van der Waals surface area contributed by atoms with Gasteiger partial charge in [0.1, 0.15) is 6.61 Å². The van der Waals surface area contributed by atoms with Crippen LogP contribution < -0.4 is 0 Å². The first-order chi connectivity index (χ1) is 12.7. The van der Waals surface area contributed by atoms with E-state index in [4.69, 9.17) is 5.11 Å². The van der Waals surface area contributed by atoms with E-state index in [1.165, 1.54) is 27.7 Å². The van der Waals surface area contributed by atoms with Crippen LogP contribution in [0.25, 0.3) is 10.9 Å². The monoisotopic (exact) mass is 348 g/mol. The molecule has 0 radical (unpaired) electrons. The molecule has 0 bridgehead atoms. The van der Waals surface area contributed by atoms with Crippen LogP contribution in [0.4, 0.5) is 0 Å². The van der Waals surface area contributed by atoms with Crippen LogP contribution in [-0.4, -0.2) is 40.1 Å². The maximum Gasteiger partial charge on any atom is 0.188 e. The molecular formula is C22H24N2O2. The lowest BCUT2D eigenvalue weighted by atomic mass is 10.0. The SMILES string of the molecule is CCN1CCc2c(c3ccccc3n2Cc2ccc(C(=O)CO)cc2)C1. The third-order valence-corrected chi connectivity index (χ3v) is 5.45. The van der Waals surface area contributed by atoms with Crippen LogP contribution in [0.1, 0.15) is 34.1 Å². The highest BCUT2D eigenvalue weighted by atomic mass is 16.3. The number of ketones is 1. The van der Waals surface area contributed by atoms with Gasteiger partial charge in [0.05, 0.1) is 0 Å². The Balaban J connectivity index is 1.72. The summed E-state index contributed by atoms with van der Waals surface area (Å²) in [7, 11) is 0. The summed E-state index contributed by atoms with van der Waals surface area (Å²) >= 11 is 0. The number of rotatable bonds is 5. The molecule has 26 heavy (non-hydrogen) atoms. The van der Waals surface area contributed by atoms with Crippen molar-refractivity contribution in [2.75, 3.05) is 19.7 Å². The Morgan fingerprint density at radius 2 is 1.88 bits per heavy atom. The summed E-state index contributed by atoms with van der Waals surface area (Å²) < 4.78 is 2.43. The zero-order chi connectivity index (χ0) is 18.1. The van der Waals surface area contributed by atoms with Crippen molar-refractivity contribution >= 4 is 16.7 Å². The first kappa shape index (κ1) is 17.0. The lowest BCUT2D eigenvalue weighted by Gasteiger charge is -2.27. The molecule has 0 unspecified atom stereocenters. The lowest BCUT2D eigenvalue weighted by Crippen LogP contribution is -2.30. The normalized spacial score (nSPS) is 14.5. The summed E-state index contributed by atoms with van der Waals surface area (Å²) in [6.07, 6.45) is 1.07. The number of carbonyl (C=O) groups is 1. The van der Waals surface area contributed by atoms with E-state index in [2.05, 4.69) is 40.7 Å². The van der Waals surface area contributed by atoms with Crippen molar-refractivity contribution in [2.45, 2.75) is 26.4 Å². The van der Waals surface area contributed by atoms with Crippen molar-refractivity contribution < 1.29 is 9.90 Å². The molecule has 0 saturated carbocycles. The second-order valence-electron chi connectivity index (χ2n) is 6.93. The molecule has 0 saturated heterocycles. The molecule has 4 heteroatoms. The van der Waals surface area contributed by atoms with E-state index >= 15 is 0 Å². The molecule has 1 N–H and O–H groups in total. The van der Waals surface area contributed by atoms with E-state index in [-0.39, 0.29) is 5.78 Å². The van der Waals surface area contributed by atoms with Gasteiger partial charge in [-0.3, -0.25) is 9.69 Å². The van der Waals surface area contributed by atoms with Gasteiger partial charge in [0.2, 0.25) is 0 Å². The Bertz CT molecular complexity index is 941. The highest BCUT2D eigenvalue weighted by Gasteiger charge is 2.23. The number of carbonyl (C=O) groups excluding carboxylic acids is 1. The Labute approximate surface area is 153 Å². The molecule has 1 aliphatic heterocycles. The van der Waals surface area contributed by atoms with Crippen LogP contribution in [0.3, 0.4) is 0 Å². The van der Waals surface area contributed by atoms with E-state index in [9.17, 15) is 4.79 Å². The quantitative estimate of drug-likeness (QED) is 0.720. The molecule has 0 aliphatic carbocycles. The number of Topliss-reactive ketones (excluding diaryl/α,β-unsaturated/α-hetero) is 1. The molecule has 3 aromatic rings. The third kappa shape index (κ3) is 2.96. The number of likely N-dealkylation sites (N-methyl/N-ethyl adjacent to an activating group) is 1. The molecule has 0 atom stereocenters. The van der Waals surface area contributed by atoms with E-state index in [1.807, 2.05) is 24.3 Å². The largest absolute Gasteiger partial charge is 0.388 e. The average Bonchev–Trinajstić information content (AvgIpc) is 3.01. The van der Waals surface area contributed by atoms with Gasteiger partial charge in [0, 0.05) is 48.2 Å². The van der Waals surface area contributed by atoms with Gasteiger partial charge in [-0.25, -0.2) is 0 Å². The lowest BCUT2D eigenvalue weighted by molar-refractivity contribution is 0.0903. The predicted molar refractivity (Wildman–Crippen MR) is 104 cm³/mol. The fraction of sp³-hybridized carbons (Fsp3) is 0.318. The molecule has 2 heterocycles. The standard InChI is InChI=1S/C22H24N2O2/c1-2-23-12-11-21-19(14-23)18-5-3-4-6-20(18)24(21)13-16-7-9-17(10-8-16)22(26)15-25/h3-10,25H,2,11-15H2,1H3. The highest BCUT2D eigenvalue weighted by molar-refractivity contribution is 5.96. The van der Waals surface area contributed by atoms with Gasteiger partial charge in [0.15, 0.2) is 5.78 Å². The van der Waals surface area contributed by atoms with Crippen LogP contribution in [0.5, 0.6) is 0 Å². The topological polar surface area (TPSA) is 45.5 Å². The minimum atomic E-state index is -0.441. The molecule has 0 fully saturated rings. The first-order valence-electron chi connectivity index (χ1n) is 9.25. The van der Waals surface area contributed by atoms with Crippen molar-refractivity contribution in [1.29, 1.82) is 0 Å². The maximum absolute atomic E-state index is 11.6. The molecule has 134 valence electrons. The third-order valence-electron chi connectivity index (χ3n) is 5.45. The Morgan fingerprint density at radius 1 is 1.12 bits per heavy atom. The van der Waals surface area contributed by atoms with Crippen LogP contribution in [-0.2, 0) is 19.5 Å². The van der Waals surface area contributed by atoms with E-state index in [1.54, 1.807) is 0 Å². The van der Waals surface area contributed by atoms with Gasteiger partial charge >= 0.3 is 0 Å². The summed E-state index contributed by atoms with van der Waals surface area (Å²) in [5.41, 5.74) is 5.91. The summed E-state index contributed by atoms with van der Waals surface area (Å²) in [6, 6.07) is 16.3.